The van der Waals surface area contributed by atoms with Crippen molar-refractivity contribution in [3.05, 3.63) is 0 Å². The van der Waals surface area contributed by atoms with E-state index in [9.17, 15) is 4.79 Å². The van der Waals surface area contributed by atoms with E-state index in [2.05, 4.69) is 45.5 Å². The Hall–Kier alpha value is -2.20. The Morgan fingerprint density at radius 2 is 1.86 bits per heavy atom. The second-order valence-electron chi connectivity index (χ2n) is 7.12. The van der Waals surface area contributed by atoms with Crippen LogP contribution in [-0.2, 0) is 9.53 Å². The Kier molecular flexibility index (Phi) is 8.65. The maximum absolute atomic E-state index is 11.3. The molecule has 1 aliphatic heterocycles. The van der Waals surface area contributed by atoms with Crippen molar-refractivity contribution in [2.45, 2.75) is 33.2 Å². The van der Waals surface area contributed by atoms with Crippen LogP contribution < -0.4 is 20.3 Å². The number of anilines is 2. The molecule has 1 aliphatic rings. The first-order valence-corrected chi connectivity index (χ1v) is 9.85. The molecule has 0 radical (unpaired) electrons. The van der Waals surface area contributed by atoms with Crippen molar-refractivity contribution in [3.63, 3.8) is 0 Å². The number of ether oxygens (including phenoxy) is 2. The van der Waals surface area contributed by atoms with Crippen LogP contribution in [0.25, 0.3) is 0 Å². The Morgan fingerprint density at radius 1 is 1.14 bits per heavy atom. The summed E-state index contributed by atoms with van der Waals surface area (Å²) in [7, 11) is 1.72. The molecule has 1 aromatic rings. The Bertz CT molecular complexity index is 621. The van der Waals surface area contributed by atoms with Crippen molar-refractivity contribution in [1.29, 1.82) is 0 Å². The van der Waals surface area contributed by atoms with Gasteiger partial charge in [-0.15, -0.1) is 0 Å². The van der Waals surface area contributed by atoms with E-state index >= 15 is 0 Å². The van der Waals surface area contributed by atoms with Gasteiger partial charge in [-0.3, -0.25) is 9.69 Å². The fraction of sp³-hybridized carbons (Fsp3) is 0.778. The van der Waals surface area contributed by atoms with Crippen LogP contribution in [0, 0.1) is 0 Å². The van der Waals surface area contributed by atoms with E-state index in [0.717, 1.165) is 32.6 Å². The second kappa shape index (κ2) is 11.0. The van der Waals surface area contributed by atoms with Crippen LogP contribution in [0.5, 0.6) is 6.01 Å². The SMILES string of the molecule is CCCOCCOc1nc(N(C)CC(N)=O)nc(N2CCN(C(C)C)CC2)n1. The van der Waals surface area contributed by atoms with Gasteiger partial charge in [0.25, 0.3) is 0 Å². The Morgan fingerprint density at radius 3 is 2.46 bits per heavy atom. The predicted octanol–water partition coefficient (Wildman–Crippen LogP) is 0.129. The number of aromatic nitrogens is 3. The van der Waals surface area contributed by atoms with E-state index in [4.69, 9.17) is 15.2 Å². The quantitative estimate of drug-likeness (QED) is 0.523. The zero-order valence-electron chi connectivity index (χ0n) is 17.4. The summed E-state index contributed by atoms with van der Waals surface area (Å²) in [4.78, 5) is 30.7. The Balaban J connectivity index is 2.11. The molecule has 0 spiro atoms. The number of piperazine rings is 1. The predicted molar refractivity (Wildman–Crippen MR) is 108 cm³/mol. The summed E-state index contributed by atoms with van der Waals surface area (Å²) in [5, 5.41) is 0. The van der Waals surface area contributed by atoms with Gasteiger partial charge < -0.3 is 25.0 Å². The third-order valence-electron chi connectivity index (χ3n) is 4.46. The topological polar surface area (TPSA) is 110 Å². The monoisotopic (exact) mass is 395 g/mol. The number of amides is 1. The molecule has 1 amide bonds. The maximum Gasteiger partial charge on any atom is 0.323 e. The zero-order chi connectivity index (χ0) is 20.5. The summed E-state index contributed by atoms with van der Waals surface area (Å²) >= 11 is 0. The van der Waals surface area contributed by atoms with E-state index < -0.39 is 5.91 Å². The number of carbonyl (C=O) groups is 1. The molecule has 10 heteroatoms. The average Bonchev–Trinajstić information content (AvgIpc) is 2.67. The number of rotatable bonds is 11. The summed E-state index contributed by atoms with van der Waals surface area (Å²) < 4.78 is 11.1. The van der Waals surface area contributed by atoms with Gasteiger partial charge in [0.05, 0.1) is 13.2 Å². The van der Waals surface area contributed by atoms with Crippen molar-refractivity contribution < 1.29 is 14.3 Å². The van der Waals surface area contributed by atoms with Crippen molar-refractivity contribution in [3.8, 4) is 6.01 Å². The molecule has 0 aliphatic carbocycles. The lowest BCUT2D eigenvalue weighted by atomic mass is 10.2. The van der Waals surface area contributed by atoms with Gasteiger partial charge in [0, 0.05) is 45.9 Å². The summed E-state index contributed by atoms with van der Waals surface area (Å²) in [5.41, 5.74) is 5.30. The zero-order valence-corrected chi connectivity index (χ0v) is 17.4. The van der Waals surface area contributed by atoms with E-state index in [1.165, 1.54) is 0 Å². The molecule has 158 valence electrons. The second-order valence-corrected chi connectivity index (χ2v) is 7.12. The molecule has 0 atom stereocenters. The highest BCUT2D eigenvalue weighted by Gasteiger charge is 2.23. The number of hydrogen-bond acceptors (Lipinski definition) is 9. The van der Waals surface area contributed by atoms with Gasteiger partial charge in [-0.1, -0.05) is 6.92 Å². The molecular formula is C18H33N7O3. The first kappa shape index (κ1) is 22.1. The maximum atomic E-state index is 11.3. The highest BCUT2D eigenvalue weighted by Crippen LogP contribution is 2.19. The lowest BCUT2D eigenvalue weighted by molar-refractivity contribution is -0.116. The largest absolute Gasteiger partial charge is 0.461 e. The molecular weight excluding hydrogens is 362 g/mol. The number of likely N-dealkylation sites (N-methyl/N-ethyl adjacent to an activating group) is 1. The standard InChI is InChI=1S/C18H33N7O3/c1-5-10-27-11-12-28-18-21-16(23(4)13-15(19)26)20-17(22-18)25-8-6-24(7-9-25)14(2)3/h14H,5-13H2,1-4H3,(H2,19,26). The minimum absolute atomic E-state index is 0.0175. The van der Waals surface area contributed by atoms with Crippen molar-refractivity contribution >= 4 is 17.8 Å². The van der Waals surface area contributed by atoms with Crippen LogP contribution in [0.15, 0.2) is 0 Å². The van der Waals surface area contributed by atoms with Gasteiger partial charge in [0.15, 0.2) is 0 Å². The van der Waals surface area contributed by atoms with E-state index in [0.29, 0.717) is 37.8 Å². The molecule has 2 N–H and O–H groups in total. The van der Waals surface area contributed by atoms with Gasteiger partial charge in [-0.25, -0.2) is 0 Å². The van der Waals surface area contributed by atoms with Gasteiger partial charge in [0.2, 0.25) is 17.8 Å². The molecule has 10 nitrogen and oxygen atoms in total. The third kappa shape index (κ3) is 6.75. The van der Waals surface area contributed by atoms with Crippen molar-refractivity contribution in [2.24, 2.45) is 5.73 Å². The third-order valence-corrected chi connectivity index (χ3v) is 4.46. The van der Waals surface area contributed by atoms with Crippen LogP contribution in [0.2, 0.25) is 0 Å². The molecule has 1 saturated heterocycles. The van der Waals surface area contributed by atoms with Gasteiger partial charge in [-0.05, 0) is 20.3 Å². The smallest absolute Gasteiger partial charge is 0.323 e. The molecule has 0 unspecified atom stereocenters. The average molecular weight is 396 g/mol. The summed E-state index contributed by atoms with van der Waals surface area (Å²) in [6.07, 6.45) is 0.959. The minimum Gasteiger partial charge on any atom is -0.461 e. The lowest BCUT2D eigenvalue weighted by Gasteiger charge is -2.37. The van der Waals surface area contributed by atoms with E-state index in [1.807, 2.05) is 0 Å². The molecule has 2 rings (SSSR count). The summed E-state index contributed by atoms with van der Waals surface area (Å²) in [6, 6.07) is 0.738. The molecule has 1 aromatic heterocycles. The number of primary amides is 1. The number of nitrogens with two attached hydrogens (primary N) is 1. The van der Waals surface area contributed by atoms with Crippen LogP contribution in [0.1, 0.15) is 27.2 Å². The van der Waals surface area contributed by atoms with Crippen molar-refractivity contribution in [2.75, 3.05) is 69.4 Å². The summed E-state index contributed by atoms with van der Waals surface area (Å²) in [6.45, 7) is 11.5. The van der Waals surface area contributed by atoms with Gasteiger partial charge in [-0.2, -0.15) is 15.0 Å². The molecule has 0 aromatic carbocycles. The highest BCUT2D eigenvalue weighted by atomic mass is 16.5. The molecule has 0 bridgehead atoms. The lowest BCUT2D eigenvalue weighted by Crippen LogP contribution is -2.49. The fourth-order valence-corrected chi connectivity index (χ4v) is 2.89. The molecule has 0 saturated carbocycles. The highest BCUT2D eigenvalue weighted by molar-refractivity contribution is 5.78. The number of carbonyl (C=O) groups excluding carboxylic acids is 1. The van der Waals surface area contributed by atoms with E-state index in [-0.39, 0.29) is 12.6 Å². The van der Waals surface area contributed by atoms with Crippen LogP contribution in [0.4, 0.5) is 11.9 Å². The van der Waals surface area contributed by atoms with Gasteiger partial charge in [0.1, 0.15) is 6.61 Å². The van der Waals surface area contributed by atoms with Gasteiger partial charge >= 0.3 is 6.01 Å². The molecule has 1 fully saturated rings. The summed E-state index contributed by atoms with van der Waals surface area (Å²) in [5.74, 6) is 0.458. The van der Waals surface area contributed by atoms with Crippen LogP contribution >= 0.6 is 0 Å². The molecule has 28 heavy (non-hydrogen) atoms. The normalized spacial score (nSPS) is 15.1. The first-order valence-electron chi connectivity index (χ1n) is 9.85. The van der Waals surface area contributed by atoms with Crippen LogP contribution in [0.3, 0.4) is 0 Å². The number of nitrogens with zero attached hydrogens (tertiary/aromatic N) is 6. The fourth-order valence-electron chi connectivity index (χ4n) is 2.89. The Labute approximate surface area is 167 Å². The number of hydrogen-bond donors (Lipinski definition) is 1. The van der Waals surface area contributed by atoms with Crippen LogP contribution in [-0.4, -0.2) is 91.4 Å². The minimum atomic E-state index is -0.453. The first-order chi connectivity index (χ1) is 13.4. The molecule has 2 heterocycles. The van der Waals surface area contributed by atoms with Crippen molar-refractivity contribution in [1.82, 2.24) is 19.9 Å². The van der Waals surface area contributed by atoms with E-state index in [1.54, 1.807) is 11.9 Å².